The van der Waals surface area contributed by atoms with Crippen molar-refractivity contribution < 1.29 is 14.2 Å². The van der Waals surface area contributed by atoms with Gasteiger partial charge in [0, 0.05) is 39.1 Å². The quantitative estimate of drug-likeness (QED) is 0.324. The molecule has 2 rings (SSSR count). The average molecular weight is 393 g/mol. The Hall–Kier alpha value is -1.86. The van der Waals surface area contributed by atoms with Crippen molar-refractivity contribution in [3.63, 3.8) is 0 Å². The number of ether oxygens (including phenoxy) is 3. The first kappa shape index (κ1) is 22.4. The van der Waals surface area contributed by atoms with Crippen LogP contribution in [0.25, 0.3) is 0 Å². The molecule has 0 saturated heterocycles. The second kappa shape index (κ2) is 14.2. The van der Waals surface area contributed by atoms with Gasteiger partial charge in [-0.05, 0) is 50.7 Å². The predicted octanol–water partition coefficient (Wildman–Crippen LogP) is 2.90. The molecule has 0 atom stereocenters. The largest absolute Gasteiger partial charge is 0.474 e. The smallest absolute Gasteiger partial charge is 0.213 e. The summed E-state index contributed by atoms with van der Waals surface area (Å²) >= 11 is 0. The van der Waals surface area contributed by atoms with Gasteiger partial charge in [0.1, 0.15) is 6.10 Å². The lowest BCUT2D eigenvalue weighted by Crippen LogP contribution is -2.38. The van der Waals surface area contributed by atoms with Gasteiger partial charge < -0.3 is 24.8 Å². The lowest BCUT2D eigenvalue weighted by atomic mass is 9.98. The van der Waals surface area contributed by atoms with E-state index in [0.717, 1.165) is 43.9 Å². The minimum Gasteiger partial charge on any atom is -0.474 e. The van der Waals surface area contributed by atoms with Gasteiger partial charge in [-0.1, -0.05) is 6.42 Å². The van der Waals surface area contributed by atoms with Gasteiger partial charge in [0.25, 0.3) is 0 Å². The normalized spacial score (nSPS) is 15.4. The summed E-state index contributed by atoms with van der Waals surface area (Å²) in [4.78, 5) is 9.03. The summed E-state index contributed by atoms with van der Waals surface area (Å²) in [6.07, 6.45) is 9.13. The van der Waals surface area contributed by atoms with Gasteiger partial charge in [-0.3, -0.25) is 0 Å². The summed E-state index contributed by atoms with van der Waals surface area (Å²) in [5.41, 5.74) is 1.10. The molecular formula is C21H36N4O3. The zero-order chi connectivity index (χ0) is 19.9. The van der Waals surface area contributed by atoms with Crippen LogP contribution >= 0.6 is 0 Å². The van der Waals surface area contributed by atoms with Crippen molar-refractivity contribution in [2.24, 2.45) is 4.99 Å². The molecule has 1 fully saturated rings. The number of guanidine groups is 1. The van der Waals surface area contributed by atoms with E-state index in [1.165, 1.54) is 19.3 Å². The number of hydrogen-bond acceptors (Lipinski definition) is 5. The first-order valence-electron chi connectivity index (χ1n) is 10.5. The third-order valence-corrected chi connectivity index (χ3v) is 4.59. The number of nitrogens with one attached hydrogen (secondary N) is 2. The van der Waals surface area contributed by atoms with E-state index in [9.17, 15) is 0 Å². The predicted molar refractivity (Wildman–Crippen MR) is 112 cm³/mol. The Morgan fingerprint density at radius 1 is 1.18 bits per heavy atom. The van der Waals surface area contributed by atoms with Crippen LogP contribution in [0.2, 0.25) is 0 Å². The van der Waals surface area contributed by atoms with Gasteiger partial charge in [-0.25, -0.2) is 9.98 Å². The van der Waals surface area contributed by atoms with Gasteiger partial charge >= 0.3 is 0 Å². The fourth-order valence-electron chi connectivity index (χ4n) is 3.10. The van der Waals surface area contributed by atoms with Crippen LogP contribution in [0.5, 0.6) is 5.88 Å². The number of rotatable bonds is 12. The maximum absolute atomic E-state index is 6.06. The van der Waals surface area contributed by atoms with E-state index in [1.54, 1.807) is 13.3 Å². The van der Waals surface area contributed by atoms with Gasteiger partial charge in [0.05, 0.1) is 19.8 Å². The summed E-state index contributed by atoms with van der Waals surface area (Å²) in [5.74, 6) is 1.52. The topological polar surface area (TPSA) is 77.0 Å². The Bertz CT molecular complexity index is 562. The van der Waals surface area contributed by atoms with Crippen molar-refractivity contribution in [2.45, 2.75) is 58.1 Å². The van der Waals surface area contributed by atoms with Crippen molar-refractivity contribution in [3.05, 3.63) is 23.9 Å². The molecule has 0 aromatic carbocycles. The molecule has 2 N–H and O–H groups in total. The monoisotopic (exact) mass is 392 g/mol. The fraction of sp³-hybridized carbons (Fsp3) is 0.714. The molecule has 1 saturated carbocycles. The molecule has 0 spiro atoms. The molecule has 0 unspecified atom stereocenters. The molecular weight excluding hydrogens is 356 g/mol. The Morgan fingerprint density at radius 2 is 2.04 bits per heavy atom. The molecule has 7 nitrogen and oxygen atoms in total. The molecule has 1 aliphatic carbocycles. The van der Waals surface area contributed by atoms with Crippen LogP contribution in [0.4, 0.5) is 0 Å². The minimum atomic E-state index is 0.310. The zero-order valence-electron chi connectivity index (χ0n) is 17.4. The summed E-state index contributed by atoms with van der Waals surface area (Å²) in [7, 11) is 1.68. The number of aliphatic imine (C=N–C) groups is 1. The molecule has 7 heteroatoms. The lowest BCUT2D eigenvalue weighted by Gasteiger charge is -2.22. The van der Waals surface area contributed by atoms with Crippen LogP contribution in [0.3, 0.4) is 0 Å². The number of aromatic nitrogens is 1. The first-order chi connectivity index (χ1) is 13.8. The molecule has 0 aliphatic heterocycles. The maximum Gasteiger partial charge on any atom is 0.213 e. The van der Waals surface area contributed by atoms with E-state index >= 15 is 0 Å². The Morgan fingerprint density at radius 3 is 2.82 bits per heavy atom. The Balaban J connectivity index is 1.76. The molecule has 0 amide bonds. The standard InChI is InChI=1S/C21H36N4O3/c1-3-22-21(24-11-7-13-27-15-14-26-2)25-17-18-10-12-23-20(16-18)28-19-8-5-4-6-9-19/h10,12,16,19H,3-9,11,13-15,17H2,1-2H3,(H2,22,24,25). The van der Waals surface area contributed by atoms with Crippen LogP contribution in [0.1, 0.15) is 51.0 Å². The number of pyridine rings is 1. The van der Waals surface area contributed by atoms with Crippen molar-refractivity contribution in [1.29, 1.82) is 0 Å². The second-order valence-corrected chi connectivity index (χ2v) is 6.96. The number of nitrogens with zero attached hydrogens (tertiary/aromatic N) is 2. The summed E-state index contributed by atoms with van der Waals surface area (Å²) in [5, 5.41) is 6.62. The first-order valence-corrected chi connectivity index (χ1v) is 10.5. The average Bonchev–Trinajstić information content (AvgIpc) is 2.72. The summed E-state index contributed by atoms with van der Waals surface area (Å²) in [6.45, 7) is 6.26. The third kappa shape index (κ3) is 9.37. The minimum absolute atomic E-state index is 0.310. The maximum atomic E-state index is 6.06. The van der Waals surface area contributed by atoms with Gasteiger partial charge in [0.2, 0.25) is 5.88 Å². The van der Waals surface area contributed by atoms with Crippen LogP contribution in [0.15, 0.2) is 23.3 Å². The Kier molecular flexibility index (Phi) is 11.4. The molecule has 1 heterocycles. The molecule has 1 aliphatic rings. The van der Waals surface area contributed by atoms with E-state index in [4.69, 9.17) is 14.2 Å². The fourth-order valence-corrected chi connectivity index (χ4v) is 3.10. The number of methoxy groups -OCH3 is 1. The highest BCUT2D eigenvalue weighted by Gasteiger charge is 2.15. The van der Waals surface area contributed by atoms with Crippen LogP contribution in [-0.4, -0.2) is 57.1 Å². The van der Waals surface area contributed by atoms with Crippen molar-refractivity contribution in [2.75, 3.05) is 40.0 Å². The van der Waals surface area contributed by atoms with Crippen LogP contribution < -0.4 is 15.4 Å². The van der Waals surface area contributed by atoms with Gasteiger partial charge in [-0.15, -0.1) is 0 Å². The lowest BCUT2D eigenvalue weighted by molar-refractivity contribution is 0.0698. The highest BCUT2D eigenvalue weighted by Crippen LogP contribution is 2.22. The van der Waals surface area contributed by atoms with Gasteiger partial charge in [-0.2, -0.15) is 0 Å². The third-order valence-electron chi connectivity index (χ3n) is 4.59. The highest BCUT2D eigenvalue weighted by atomic mass is 16.5. The van der Waals surface area contributed by atoms with E-state index in [-0.39, 0.29) is 0 Å². The van der Waals surface area contributed by atoms with E-state index in [1.807, 2.05) is 12.1 Å². The van der Waals surface area contributed by atoms with Crippen molar-refractivity contribution >= 4 is 5.96 Å². The van der Waals surface area contributed by atoms with Crippen LogP contribution in [-0.2, 0) is 16.0 Å². The molecule has 0 radical (unpaired) electrons. The molecule has 158 valence electrons. The molecule has 0 bridgehead atoms. The SMILES string of the molecule is CCNC(=NCc1ccnc(OC2CCCCC2)c1)NCCCOCCOC. The molecule has 1 aromatic rings. The molecule has 1 aromatic heterocycles. The van der Waals surface area contributed by atoms with Crippen molar-refractivity contribution in [1.82, 2.24) is 15.6 Å². The van der Waals surface area contributed by atoms with E-state index < -0.39 is 0 Å². The molecule has 28 heavy (non-hydrogen) atoms. The Labute approximate surface area is 169 Å². The second-order valence-electron chi connectivity index (χ2n) is 6.96. The zero-order valence-corrected chi connectivity index (χ0v) is 17.4. The van der Waals surface area contributed by atoms with Gasteiger partial charge in [0.15, 0.2) is 5.96 Å². The van der Waals surface area contributed by atoms with E-state index in [2.05, 4.69) is 27.5 Å². The summed E-state index contributed by atoms with van der Waals surface area (Å²) in [6, 6.07) is 4.00. The van der Waals surface area contributed by atoms with Crippen LogP contribution in [0, 0.1) is 0 Å². The number of hydrogen-bond donors (Lipinski definition) is 2. The summed E-state index contributed by atoms with van der Waals surface area (Å²) < 4.78 is 16.5. The van der Waals surface area contributed by atoms with E-state index in [0.29, 0.717) is 38.3 Å². The highest BCUT2D eigenvalue weighted by molar-refractivity contribution is 5.79. The van der Waals surface area contributed by atoms with Crippen molar-refractivity contribution in [3.8, 4) is 5.88 Å².